The van der Waals surface area contributed by atoms with E-state index in [9.17, 15) is 56.6 Å². The van der Waals surface area contributed by atoms with E-state index in [1.165, 1.54) is 13.8 Å². The highest BCUT2D eigenvalue weighted by atomic mass is 35.6. The molecule has 4 heterocycles. The zero-order valence-corrected chi connectivity index (χ0v) is 29.7. The van der Waals surface area contributed by atoms with Crippen LogP contribution >= 0.6 is 34.8 Å². The number of halogens is 3. The van der Waals surface area contributed by atoms with E-state index in [2.05, 4.69) is 10.0 Å². The van der Waals surface area contributed by atoms with Gasteiger partial charge in [0.15, 0.2) is 6.29 Å². The topological polar surface area (TPSA) is 340 Å². The van der Waals surface area contributed by atoms with E-state index in [0.717, 1.165) is 0 Å². The maximum atomic E-state index is 11.3. The van der Waals surface area contributed by atoms with Crippen molar-refractivity contribution in [3.8, 4) is 0 Å². The van der Waals surface area contributed by atoms with Crippen molar-refractivity contribution in [3.63, 3.8) is 0 Å². The van der Waals surface area contributed by atoms with Gasteiger partial charge in [0.05, 0.1) is 55.8 Å². The van der Waals surface area contributed by atoms with Crippen LogP contribution in [-0.2, 0) is 33.2 Å². The summed E-state index contributed by atoms with van der Waals surface area (Å²) in [6.07, 6.45) is -27.7. The average molecular weight is 814 g/mol. The Balaban J connectivity index is 1.56. The predicted molar refractivity (Wildman–Crippen MR) is 171 cm³/mol. The minimum atomic E-state index is -2.44. The number of alkyl halides is 3. The monoisotopic (exact) mass is 812 g/mol. The molecule has 0 radical (unpaired) electrons. The van der Waals surface area contributed by atoms with Gasteiger partial charge >= 0.3 is 0 Å². The Morgan fingerprint density at radius 2 is 1.50 bits per heavy atom. The molecule has 5 fully saturated rings. The number of ether oxygens (including phenoxy) is 7. The van der Waals surface area contributed by atoms with Crippen LogP contribution in [0.2, 0.25) is 0 Å². The van der Waals surface area contributed by atoms with Crippen LogP contribution in [0.15, 0.2) is 5.11 Å². The summed E-state index contributed by atoms with van der Waals surface area (Å²) in [5.74, 6) is -5.63. The molecule has 0 bridgehead atoms. The van der Waals surface area contributed by atoms with Crippen molar-refractivity contribution in [2.75, 3.05) is 13.2 Å². The molecular formula is C28H43Cl3N4O17. The lowest BCUT2D eigenvalue weighted by atomic mass is 9.71. The molecule has 0 aromatic carbocycles. The molecule has 0 aromatic heterocycles. The second-order valence-corrected chi connectivity index (χ2v) is 15.8. The molecule has 1 aliphatic carbocycles. The predicted octanol–water partition coefficient (Wildman–Crippen LogP) is -3.34. The van der Waals surface area contributed by atoms with Gasteiger partial charge in [-0.2, -0.15) is 0 Å². The van der Waals surface area contributed by atoms with Gasteiger partial charge in [-0.05, 0) is 12.5 Å². The molecule has 0 amide bonds. The molecule has 0 aromatic rings. The minimum Gasteiger partial charge on any atom is -0.448 e. The molecule has 298 valence electrons. The summed E-state index contributed by atoms with van der Waals surface area (Å²) >= 11 is 17.3. The Labute approximate surface area is 310 Å². The molecule has 4 aliphatic heterocycles. The van der Waals surface area contributed by atoms with Crippen LogP contribution in [0.25, 0.3) is 10.4 Å². The normalized spacial score (nSPS) is 51.1. The molecule has 8 unspecified atom stereocenters. The highest BCUT2D eigenvalue weighted by Gasteiger charge is 2.74. The van der Waals surface area contributed by atoms with Crippen LogP contribution < -0.4 is 0 Å². The second-order valence-electron chi connectivity index (χ2n) is 13.5. The lowest BCUT2D eigenvalue weighted by molar-refractivity contribution is -0.505. The first-order valence-electron chi connectivity index (χ1n) is 16.3. The van der Waals surface area contributed by atoms with Crippen LogP contribution in [-0.4, -0.2) is 190 Å². The van der Waals surface area contributed by atoms with Gasteiger partial charge in [0.2, 0.25) is 18.0 Å². The van der Waals surface area contributed by atoms with Gasteiger partial charge in [-0.15, -0.1) is 0 Å². The Morgan fingerprint density at radius 3 is 2.10 bits per heavy atom. The first-order chi connectivity index (χ1) is 24.3. The first-order valence-corrected chi connectivity index (χ1v) is 17.5. The van der Waals surface area contributed by atoms with Crippen molar-refractivity contribution in [2.45, 2.75) is 140 Å². The Morgan fingerprint density at radius 1 is 0.865 bits per heavy atom. The molecule has 0 spiro atoms. The number of hydrogen-bond donors (Lipinski definition) is 11. The highest BCUT2D eigenvalue weighted by molar-refractivity contribution is 6.76. The maximum absolute atomic E-state index is 11.3. The average Bonchev–Trinajstić information content (AvgIpc) is 3.08. The van der Waals surface area contributed by atoms with Crippen molar-refractivity contribution < 1.29 is 84.2 Å². The lowest BCUT2D eigenvalue weighted by Crippen LogP contribution is -2.82. The summed E-state index contributed by atoms with van der Waals surface area (Å²) in [6, 6.07) is -1.52. The van der Waals surface area contributed by atoms with Crippen LogP contribution in [0.1, 0.15) is 20.3 Å². The van der Waals surface area contributed by atoms with Crippen molar-refractivity contribution in [1.82, 2.24) is 0 Å². The fourth-order valence-corrected chi connectivity index (χ4v) is 7.54. The summed E-state index contributed by atoms with van der Waals surface area (Å²) < 4.78 is 39.4. The van der Waals surface area contributed by atoms with Gasteiger partial charge in [0, 0.05) is 17.3 Å². The van der Waals surface area contributed by atoms with E-state index in [0.29, 0.717) is 0 Å². The third-order valence-corrected chi connectivity index (χ3v) is 10.9. The Kier molecular flexibility index (Phi) is 13.2. The van der Waals surface area contributed by atoms with Crippen molar-refractivity contribution in [1.29, 1.82) is 5.41 Å². The quantitative estimate of drug-likeness (QED) is 0.0271. The molecule has 11 N–H and O–H groups in total. The van der Waals surface area contributed by atoms with E-state index in [4.69, 9.17) is 73.4 Å². The number of aliphatic hydroxyl groups is 10. The number of azide groups is 1. The molecule has 24 heteroatoms. The minimum absolute atomic E-state index is 0.258. The molecule has 52 heavy (non-hydrogen) atoms. The summed E-state index contributed by atoms with van der Waals surface area (Å²) in [6.45, 7) is 1.11. The van der Waals surface area contributed by atoms with Crippen LogP contribution in [0.5, 0.6) is 0 Å². The number of rotatable bonds is 9. The second kappa shape index (κ2) is 16.2. The molecule has 4 saturated heterocycles. The summed E-state index contributed by atoms with van der Waals surface area (Å²) in [7, 11) is 0. The number of nitrogens with one attached hydrogen (secondary N) is 1. The Bertz CT molecular complexity index is 1320. The highest BCUT2D eigenvalue weighted by Crippen LogP contribution is 2.55. The van der Waals surface area contributed by atoms with E-state index < -0.39 is 151 Å². The van der Waals surface area contributed by atoms with Crippen LogP contribution in [0.3, 0.4) is 0 Å². The first kappa shape index (κ1) is 42.2. The third-order valence-electron chi connectivity index (χ3n) is 10.4. The fraction of sp³-hybridized carbons (Fsp3) is 0.964. The maximum Gasteiger partial charge on any atom is 0.265 e. The van der Waals surface area contributed by atoms with Gasteiger partial charge in [-0.25, -0.2) is 0 Å². The van der Waals surface area contributed by atoms with E-state index >= 15 is 0 Å². The smallest absolute Gasteiger partial charge is 0.265 e. The Hall–Kier alpha value is -0.990. The zero-order valence-electron chi connectivity index (χ0n) is 27.5. The van der Waals surface area contributed by atoms with Gasteiger partial charge in [-0.3, -0.25) is 5.41 Å². The molecular weight excluding hydrogens is 771 g/mol. The van der Waals surface area contributed by atoms with E-state index in [1.807, 2.05) is 0 Å². The van der Waals surface area contributed by atoms with Gasteiger partial charge in [-0.1, -0.05) is 46.8 Å². The number of hydrogen-bond acceptors (Lipinski definition) is 19. The summed E-state index contributed by atoms with van der Waals surface area (Å²) in [5, 5.41) is 118. The van der Waals surface area contributed by atoms with Crippen LogP contribution in [0, 0.1) is 17.2 Å². The molecule has 5 aliphatic rings. The van der Waals surface area contributed by atoms with Crippen molar-refractivity contribution in [3.05, 3.63) is 10.4 Å². The van der Waals surface area contributed by atoms with Crippen molar-refractivity contribution in [2.24, 2.45) is 17.0 Å². The van der Waals surface area contributed by atoms with Crippen molar-refractivity contribution >= 4 is 40.7 Å². The SMILES string of the molecule is CC1O[C@@H](C2(O[C@@H]3OC(CO)[C@H](O)[C@H](O)[C@H]3O[C@@H]3CC(O)[C@H](O)[C@H](O)C3C)O[C@@H]3C(N=[N+]=[N-])[C@H](OC(=N)C(Cl)(Cl)Cl)OC(CO)[C@H]32)[C@H](O)C(O)[C@@H]1O. The third kappa shape index (κ3) is 7.59. The number of aliphatic hydroxyl groups excluding tert-OH is 10. The fourth-order valence-electron chi connectivity index (χ4n) is 7.41. The largest absolute Gasteiger partial charge is 0.448 e. The van der Waals surface area contributed by atoms with Gasteiger partial charge in [0.25, 0.3) is 3.79 Å². The lowest BCUT2D eigenvalue weighted by Gasteiger charge is -2.65. The van der Waals surface area contributed by atoms with Gasteiger partial charge in [0.1, 0.15) is 61.0 Å². The van der Waals surface area contributed by atoms with E-state index in [-0.39, 0.29) is 6.42 Å². The zero-order chi connectivity index (χ0) is 38.6. The van der Waals surface area contributed by atoms with Crippen LogP contribution in [0.4, 0.5) is 0 Å². The summed E-state index contributed by atoms with van der Waals surface area (Å²) in [4.78, 5) is 2.78. The molecule has 1 saturated carbocycles. The summed E-state index contributed by atoms with van der Waals surface area (Å²) in [5.41, 5.74) is 9.43. The molecule has 21 atom stereocenters. The molecule has 21 nitrogen and oxygen atoms in total. The van der Waals surface area contributed by atoms with Gasteiger partial charge < -0.3 is 84.2 Å². The van der Waals surface area contributed by atoms with E-state index in [1.54, 1.807) is 0 Å². The number of fused-ring (bicyclic) bond motifs is 1. The molecule has 5 rings (SSSR count). The number of nitrogens with zero attached hydrogens (tertiary/aromatic N) is 3. The standard InChI is InChI=1S/C28H43Cl3N4O17/c1-6-9(3-8(38)16(41)14(6)39)47-22-19(44)17(42)11(5-37)49-25(22)52-27(23-20(45)18(43)15(40)7(2)46-23)12-10(4-36)48-24(50-26(32)28(29,30)31)13(34-35-33)21(12)51-27/h6-25,32,36-45H,3-5H2,1-2H3/t6?,7?,8?,9-,10?,11?,12-,13?,14-,15-,16+,17+,18?,19+,20-,21+,22-,23-,24+,25+,27?/m1/s1.